The normalized spacial score (nSPS) is 11.4. The van der Waals surface area contributed by atoms with Crippen LogP contribution >= 0.6 is 23.2 Å². The molecule has 0 saturated carbocycles. The van der Waals surface area contributed by atoms with Crippen molar-refractivity contribution < 1.29 is 13.2 Å². The lowest BCUT2D eigenvalue weighted by Crippen LogP contribution is -2.08. The molecule has 103 valence electrons. The molecule has 9 heteroatoms. The Morgan fingerprint density at radius 1 is 1.30 bits per heavy atom. The Morgan fingerprint density at radius 3 is 2.25 bits per heavy atom. The van der Waals surface area contributed by atoms with Crippen LogP contribution in [0.2, 0.25) is 10.0 Å². The van der Waals surface area contributed by atoms with Gasteiger partial charge in [0.2, 0.25) is 0 Å². The summed E-state index contributed by atoms with van der Waals surface area (Å²) in [7, 11) is 0. The number of hydrogen-bond donors (Lipinski definition) is 1. The molecule has 0 aliphatic heterocycles. The maximum absolute atomic E-state index is 12.6. The van der Waals surface area contributed by atoms with Gasteiger partial charge in [0.05, 0.1) is 21.7 Å². The topological polar surface area (TPSA) is 67.6 Å². The van der Waals surface area contributed by atoms with Crippen LogP contribution in [0.1, 0.15) is 11.3 Å². The van der Waals surface area contributed by atoms with E-state index >= 15 is 0 Å². The largest absolute Gasteiger partial charge is 0.416 e. The van der Waals surface area contributed by atoms with E-state index in [2.05, 4.69) is 11.2 Å². The minimum atomic E-state index is -4.58. The molecule has 2 rings (SSSR count). The summed E-state index contributed by atoms with van der Waals surface area (Å²) in [5.74, 6) is -0.0925. The van der Waals surface area contributed by atoms with Crippen LogP contribution < -0.4 is 5.73 Å². The van der Waals surface area contributed by atoms with Crippen LogP contribution in [0.3, 0.4) is 0 Å². The third kappa shape index (κ3) is 2.53. The van der Waals surface area contributed by atoms with E-state index in [0.29, 0.717) is 12.1 Å². The Morgan fingerprint density at radius 2 is 1.85 bits per heavy atom. The van der Waals surface area contributed by atoms with Gasteiger partial charge in [-0.3, -0.25) is 0 Å². The van der Waals surface area contributed by atoms with E-state index in [1.807, 2.05) is 0 Å². The molecule has 2 aromatic rings. The van der Waals surface area contributed by atoms with Crippen LogP contribution in [0.4, 0.5) is 19.0 Å². The van der Waals surface area contributed by atoms with Gasteiger partial charge in [-0.05, 0) is 12.1 Å². The van der Waals surface area contributed by atoms with Crippen molar-refractivity contribution in [1.29, 1.82) is 5.26 Å². The van der Waals surface area contributed by atoms with Gasteiger partial charge in [0.15, 0.2) is 5.69 Å². The summed E-state index contributed by atoms with van der Waals surface area (Å²) in [6, 6.07) is 5.53. The summed E-state index contributed by atoms with van der Waals surface area (Å²) in [5, 5.41) is 11.8. The highest BCUT2D eigenvalue weighted by Crippen LogP contribution is 2.37. The van der Waals surface area contributed by atoms with Gasteiger partial charge in [-0.1, -0.05) is 23.2 Å². The van der Waals surface area contributed by atoms with E-state index in [1.54, 1.807) is 6.07 Å². The van der Waals surface area contributed by atoms with Gasteiger partial charge >= 0.3 is 6.18 Å². The molecular formula is C11H4Cl2F3N4. The van der Waals surface area contributed by atoms with Crippen LogP contribution in [-0.2, 0) is 6.18 Å². The van der Waals surface area contributed by atoms with Gasteiger partial charge in [-0.15, -0.1) is 0 Å². The number of nitrogen functional groups attached to an aromatic ring is 1. The van der Waals surface area contributed by atoms with E-state index in [-0.39, 0.29) is 27.2 Å². The summed E-state index contributed by atoms with van der Waals surface area (Å²) < 4.78 is 38.8. The fraction of sp³-hybridized carbons (Fsp3) is 0.0909. The second-order valence-electron chi connectivity index (χ2n) is 3.67. The van der Waals surface area contributed by atoms with Crippen molar-refractivity contribution in [2.24, 2.45) is 0 Å². The zero-order chi connectivity index (χ0) is 15.1. The molecule has 0 unspecified atom stereocenters. The molecule has 1 aromatic heterocycles. The van der Waals surface area contributed by atoms with Crippen LogP contribution in [0.5, 0.6) is 0 Å². The number of halogens is 5. The van der Waals surface area contributed by atoms with Crippen LogP contribution in [0, 0.1) is 17.4 Å². The number of benzene rings is 1. The zero-order valence-corrected chi connectivity index (χ0v) is 11.0. The van der Waals surface area contributed by atoms with Gasteiger partial charge in [-0.25, -0.2) is 4.68 Å². The molecule has 0 spiro atoms. The molecule has 0 amide bonds. The van der Waals surface area contributed by atoms with Crippen molar-refractivity contribution in [2.75, 3.05) is 5.73 Å². The van der Waals surface area contributed by atoms with Crippen LogP contribution in [0.25, 0.3) is 5.69 Å². The number of nitrogens with zero attached hydrogens (tertiary/aromatic N) is 3. The standard InChI is InChI=1S/C11H4Cl2F3N4/c12-7-1-5(11(14,15)16)2-8(13)10(7)20-9(18)3-6(4-17)19-20/h1-2H,18H2. The van der Waals surface area contributed by atoms with Gasteiger partial charge in [0.1, 0.15) is 17.6 Å². The van der Waals surface area contributed by atoms with Crippen molar-refractivity contribution in [2.45, 2.75) is 6.18 Å². The third-order valence-corrected chi connectivity index (χ3v) is 2.91. The third-order valence-electron chi connectivity index (χ3n) is 2.34. The Kier molecular flexibility index (Phi) is 3.54. The predicted molar refractivity (Wildman–Crippen MR) is 66.5 cm³/mol. The number of hydrogen-bond acceptors (Lipinski definition) is 3. The van der Waals surface area contributed by atoms with Crippen molar-refractivity contribution in [3.8, 4) is 11.8 Å². The minimum Gasteiger partial charge on any atom is -0.383 e. The Hall–Kier alpha value is -1.91. The van der Waals surface area contributed by atoms with Gasteiger partial charge < -0.3 is 5.73 Å². The SMILES string of the molecule is N#Cc1[c]c(N)n(-c2c(Cl)cc(C(F)(F)F)cc2Cl)n1. The van der Waals surface area contributed by atoms with Crippen molar-refractivity contribution in [3.63, 3.8) is 0 Å². The van der Waals surface area contributed by atoms with E-state index in [1.165, 1.54) is 0 Å². The summed E-state index contributed by atoms with van der Waals surface area (Å²) in [4.78, 5) is 0. The van der Waals surface area contributed by atoms with Crippen LogP contribution in [0.15, 0.2) is 12.1 Å². The van der Waals surface area contributed by atoms with Crippen molar-refractivity contribution in [3.05, 3.63) is 39.5 Å². The minimum absolute atomic E-state index is 0.0448. The highest BCUT2D eigenvalue weighted by molar-refractivity contribution is 6.37. The monoisotopic (exact) mass is 319 g/mol. The molecule has 0 atom stereocenters. The van der Waals surface area contributed by atoms with Gasteiger partial charge in [0.25, 0.3) is 0 Å². The van der Waals surface area contributed by atoms with E-state index < -0.39 is 11.7 Å². The summed E-state index contributed by atoms with van der Waals surface area (Å²) in [5.41, 5.74) is 4.40. The lowest BCUT2D eigenvalue weighted by atomic mass is 10.2. The first-order valence-electron chi connectivity index (χ1n) is 4.98. The number of anilines is 1. The van der Waals surface area contributed by atoms with Crippen molar-refractivity contribution in [1.82, 2.24) is 9.78 Å². The second-order valence-corrected chi connectivity index (χ2v) is 4.48. The Labute approximate surface area is 121 Å². The second kappa shape index (κ2) is 4.89. The lowest BCUT2D eigenvalue weighted by Gasteiger charge is -2.12. The smallest absolute Gasteiger partial charge is 0.383 e. The molecule has 0 fully saturated rings. The molecule has 2 N–H and O–H groups in total. The van der Waals surface area contributed by atoms with E-state index in [9.17, 15) is 13.2 Å². The number of rotatable bonds is 1. The molecule has 1 aromatic carbocycles. The quantitative estimate of drug-likeness (QED) is 0.875. The molecule has 0 bridgehead atoms. The molecular weight excluding hydrogens is 316 g/mol. The van der Waals surface area contributed by atoms with Crippen LogP contribution in [-0.4, -0.2) is 9.78 Å². The average Bonchev–Trinajstić information content (AvgIpc) is 2.69. The Balaban J connectivity index is 2.64. The number of nitriles is 1. The van der Waals surface area contributed by atoms with E-state index in [0.717, 1.165) is 4.68 Å². The highest BCUT2D eigenvalue weighted by atomic mass is 35.5. The summed E-state index contributed by atoms with van der Waals surface area (Å²) in [6.45, 7) is 0. The first kappa shape index (κ1) is 14.5. The maximum atomic E-state index is 12.6. The molecule has 0 aliphatic carbocycles. The Bertz CT molecular complexity index is 692. The first-order chi connectivity index (χ1) is 9.24. The molecule has 0 saturated heterocycles. The number of nitrogens with two attached hydrogens (primary N) is 1. The maximum Gasteiger partial charge on any atom is 0.416 e. The molecule has 4 nitrogen and oxygen atoms in total. The van der Waals surface area contributed by atoms with Crippen molar-refractivity contribution >= 4 is 29.0 Å². The first-order valence-corrected chi connectivity index (χ1v) is 5.74. The van der Waals surface area contributed by atoms with E-state index in [4.69, 9.17) is 34.2 Å². The summed E-state index contributed by atoms with van der Waals surface area (Å²) in [6.07, 6.45) is -4.58. The van der Waals surface area contributed by atoms with Gasteiger partial charge in [0, 0.05) is 0 Å². The number of alkyl halides is 3. The number of aromatic nitrogens is 2. The highest BCUT2D eigenvalue weighted by Gasteiger charge is 2.32. The zero-order valence-electron chi connectivity index (χ0n) is 9.46. The average molecular weight is 320 g/mol. The van der Waals surface area contributed by atoms with Gasteiger partial charge in [-0.2, -0.15) is 23.5 Å². The molecule has 1 radical (unpaired) electrons. The molecule has 0 aliphatic rings. The predicted octanol–water partition coefficient (Wildman–Crippen LogP) is 3.45. The molecule has 1 heterocycles. The lowest BCUT2D eigenvalue weighted by molar-refractivity contribution is -0.137. The fourth-order valence-electron chi connectivity index (χ4n) is 1.51. The summed E-state index contributed by atoms with van der Waals surface area (Å²) >= 11 is 11.6. The fourth-order valence-corrected chi connectivity index (χ4v) is 2.15. The molecule has 20 heavy (non-hydrogen) atoms.